The Bertz CT molecular complexity index is 602. The van der Waals surface area contributed by atoms with E-state index in [2.05, 4.69) is 24.5 Å². The molecule has 0 N–H and O–H groups in total. The molecule has 0 aliphatic carbocycles. The number of nitrogens with zero attached hydrogens (tertiary/aromatic N) is 6. The lowest BCUT2D eigenvalue weighted by molar-refractivity contribution is 0.167. The van der Waals surface area contributed by atoms with Crippen molar-refractivity contribution in [2.24, 2.45) is 5.92 Å². The van der Waals surface area contributed by atoms with Gasteiger partial charge in [0.05, 0.1) is 25.0 Å². The Morgan fingerprint density at radius 1 is 1.27 bits per heavy atom. The fourth-order valence-corrected chi connectivity index (χ4v) is 3.42. The van der Waals surface area contributed by atoms with Gasteiger partial charge in [0, 0.05) is 39.2 Å². The maximum atomic E-state index is 5.49. The molecule has 0 radical (unpaired) electrons. The first-order valence-corrected chi connectivity index (χ1v) is 8.04. The highest BCUT2D eigenvalue weighted by Crippen LogP contribution is 2.17. The highest BCUT2D eigenvalue weighted by atomic mass is 16.5. The summed E-state index contributed by atoms with van der Waals surface area (Å²) in [4.78, 5) is 11.2. The number of hydrogen-bond donors (Lipinski definition) is 0. The number of fused-ring (bicyclic) bond motifs is 1. The smallest absolute Gasteiger partial charge is 0.137 e. The Labute approximate surface area is 129 Å². The third kappa shape index (κ3) is 2.91. The van der Waals surface area contributed by atoms with Gasteiger partial charge < -0.3 is 14.2 Å². The first kappa shape index (κ1) is 13.9. The third-order valence-electron chi connectivity index (χ3n) is 4.64. The SMILES string of the molecule is c1ncn(Cc2cnc3n2CCN(C[C@@H]2CCOC2)CC3)n1. The van der Waals surface area contributed by atoms with E-state index >= 15 is 0 Å². The quantitative estimate of drug-likeness (QED) is 0.819. The fourth-order valence-electron chi connectivity index (χ4n) is 3.42. The van der Waals surface area contributed by atoms with E-state index in [9.17, 15) is 0 Å². The van der Waals surface area contributed by atoms with Crippen molar-refractivity contribution in [3.63, 3.8) is 0 Å². The first-order chi connectivity index (χ1) is 10.9. The molecule has 0 aromatic carbocycles. The van der Waals surface area contributed by atoms with E-state index in [-0.39, 0.29) is 0 Å². The molecule has 1 saturated heterocycles. The summed E-state index contributed by atoms with van der Waals surface area (Å²) in [6.45, 7) is 6.95. The molecule has 0 amide bonds. The van der Waals surface area contributed by atoms with Crippen LogP contribution in [0.4, 0.5) is 0 Å². The molecule has 2 aliphatic rings. The lowest BCUT2D eigenvalue weighted by Gasteiger charge is -2.22. The van der Waals surface area contributed by atoms with Gasteiger partial charge in [-0.25, -0.2) is 14.6 Å². The number of aromatic nitrogens is 5. The Hall–Kier alpha value is -1.73. The van der Waals surface area contributed by atoms with Crippen molar-refractivity contribution in [3.8, 4) is 0 Å². The van der Waals surface area contributed by atoms with E-state index in [1.54, 1.807) is 12.7 Å². The Morgan fingerprint density at radius 3 is 3.09 bits per heavy atom. The zero-order chi connectivity index (χ0) is 14.8. The molecular weight excluding hydrogens is 280 g/mol. The van der Waals surface area contributed by atoms with Crippen LogP contribution in [-0.2, 0) is 24.2 Å². The van der Waals surface area contributed by atoms with Crippen LogP contribution in [0.25, 0.3) is 0 Å². The normalized spacial score (nSPS) is 22.6. The topological polar surface area (TPSA) is 61.0 Å². The molecule has 2 aromatic rings. The third-order valence-corrected chi connectivity index (χ3v) is 4.64. The highest BCUT2D eigenvalue weighted by Gasteiger charge is 2.22. The van der Waals surface area contributed by atoms with Crippen molar-refractivity contribution in [2.75, 3.05) is 32.8 Å². The van der Waals surface area contributed by atoms with Crippen molar-refractivity contribution in [1.29, 1.82) is 0 Å². The van der Waals surface area contributed by atoms with Gasteiger partial charge in [0.15, 0.2) is 0 Å². The van der Waals surface area contributed by atoms with E-state index in [0.717, 1.165) is 52.4 Å². The van der Waals surface area contributed by atoms with Crippen LogP contribution in [-0.4, -0.2) is 62.1 Å². The van der Waals surface area contributed by atoms with Gasteiger partial charge in [-0.2, -0.15) is 5.10 Å². The Morgan fingerprint density at radius 2 is 2.27 bits per heavy atom. The largest absolute Gasteiger partial charge is 0.381 e. The molecule has 22 heavy (non-hydrogen) atoms. The molecule has 1 atom stereocenters. The zero-order valence-electron chi connectivity index (χ0n) is 12.8. The Kier molecular flexibility index (Phi) is 3.90. The van der Waals surface area contributed by atoms with Crippen LogP contribution >= 0.6 is 0 Å². The molecule has 0 spiro atoms. The zero-order valence-corrected chi connectivity index (χ0v) is 12.8. The van der Waals surface area contributed by atoms with Crippen molar-refractivity contribution in [2.45, 2.75) is 25.9 Å². The van der Waals surface area contributed by atoms with Crippen molar-refractivity contribution in [1.82, 2.24) is 29.2 Å². The van der Waals surface area contributed by atoms with E-state index in [1.165, 1.54) is 17.9 Å². The van der Waals surface area contributed by atoms with Gasteiger partial charge in [-0.3, -0.25) is 0 Å². The summed E-state index contributed by atoms with van der Waals surface area (Å²) >= 11 is 0. The van der Waals surface area contributed by atoms with Gasteiger partial charge >= 0.3 is 0 Å². The molecule has 118 valence electrons. The molecular formula is C15H22N6O. The molecule has 0 saturated carbocycles. The minimum Gasteiger partial charge on any atom is -0.381 e. The van der Waals surface area contributed by atoms with Crippen molar-refractivity contribution >= 4 is 0 Å². The average molecular weight is 302 g/mol. The predicted molar refractivity (Wildman–Crippen MR) is 80.4 cm³/mol. The standard InChI is InChI=1S/C15H22N6O/c1-3-19(8-13-2-6-22-10-13)4-5-21-14(7-17-15(1)21)9-20-12-16-11-18-20/h7,11-13H,1-6,8-10H2/t13-/m0/s1. The molecule has 2 aliphatic heterocycles. The minimum atomic E-state index is 0.708. The van der Waals surface area contributed by atoms with Crippen LogP contribution in [0.5, 0.6) is 0 Å². The maximum absolute atomic E-state index is 5.49. The van der Waals surface area contributed by atoms with Gasteiger partial charge in [0.1, 0.15) is 18.5 Å². The number of hydrogen-bond acceptors (Lipinski definition) is 5. The molecule has 2 aromatic heterocycles. The summed E-state index contributed by atoms with van der Waals surface area (Å²) in [7, 11) is 0. The van der Waals surface area contributed by atoms with Crippen LogP contribution in [0, 0.1) is 5.92 Å². The van der Waals surface area contributed by atoms with Gasteiger partial charge in [0.25, 0.3) is 0 Å². The maximum Gasteiger partial charge on any atom is 0.137 e. The van der Waals surface area contributed by atoms with E-state index in [4.69, 9.17) is 4.74 Å². The average Bonchev–Trinajstić information content (AvgIpc) is 3.24. The van der Waals surface area contributed by atoms with Gasteiger partial charge in [-0.1, -0.05) is 0 Å². The van der Waals surface area contributed by atoms with E-state index < -0.39 is 0 Å². The molecule has 0 bridgehead atoms. The first-order valence-electron chi connectivity index (χ1n) is 8.04. The summed E-state index contributed by atoms with van der Waals surface area (Å²) in [5, 5.41) is 4.19. The second-order valence-corrected chi connectivity index (χ2v) is 6.19. The van der Waals surface area contributed by atoms with Gasteiger partial charge in [-0.05, 0) is 12.3 Å². The van der Waals surface area contributed by atoms with Crippen LogP contribution in [0.15, 0.2) is 18.9 Å². The summed E-state index contributed by atoms with van der Waals surface area (Å²) in [6.07, 6.45) is 7.54. The van der Waals surface area contributed by atoms with E-state index in [1.807, 2.05) is 10.9 Å². The van der Waals surface area contributed by atoms with Crippen molar-refractivity contribution in [3.05, 3.63) is 30.4 Å². The predicted octanol–water partition coefficient (Wildman–Crippen LogP) is 0.417. The molecule has 4 rings (SSSR count). The van der Waals surface area contributed by atoms with Crippen LogP contribution in [0.1, 0.15) is 17.9 Å². The fraction of sp³-hybridized carbons (Fsp3) is 0.667. The van der Waals surface area contributed by atoms with Crippen LogP contribution in [0.3, 0.4) is 0 Å². The molecule has 7 nitrogen and oxygen atoms in total. The van der Waals surface area contributed by atoms with E-state index in [0.29, 0.717) is 5.92 Å². The second kappa shape index (κ2) is 6.18. The van der Waals surface area contributed by atoms with Crippen LogP contribution in [0.2, 0.25) is 0 Å². The summed E-state index contributed by atoms with van der Waals surface area (Å²) in [5.41, 5.74) is 1.21. The Balaban J connectivity index is 1.42. The second-order valence-electron chi connectivity index (χ2n) is 6.19. The summed E-state index contributed by atoms with van der Waals surface area (Å²) in [6, 6.07) is 0. The molecule has 1 fully saturated rings. The molecule has 7 heteroatoms. The monoisotopic (exact) mass is 302 g/mol. The summed E-state index contributed by atoms with van der Waals surface area (Å²) < 4.78 is 9.70. The lowest BCUT2D eigenvalue weighted by atomic mass is 10.1. The number of rotatable bonds is 4. The summed E-state index contributed by atoms with van der Waals surface area (Å²) in [5.74, 6) is 1.90. The molecule has 0 unspecified atom stereocenters. The van der Waals surface area contributed by atoms with Gasteiger partial charge in [0.2, 0.25) is 0 Å². The lowest BCUT2D eigenvalue weighted by Crippen LogP contribution is -2.32. The minimum absolute atomic E-state index is 0.708. The van der Waals surface area contributed by atoms with Crippen molar-refractivity contribution < 1.29 is 4.74 Å². The number of imidazole rings is 1. The van der Waals surface area contributed by atoms with Gasteiger partial charge in [-0.15, -0.1) is 0 Å². The molecule has 4 heterocycles. The highest BCUT2D eigenvalue weighted by molar-refractivity contribution is 5.07. The van der Waals surface area contributed by atoms with Crippen LogP contribution < -0.4 is 0 Å². The number of ether oxygens (including phenoxy) is 1.